The molecule has 148 valence electrons. The lowest BCUT2D eigenvalue weighted by atomic mass is 9.88. The Bertz CT molecular complexity index is 965. The van der Waals surface area contributed by atoms with Crippen molar-refractivity contribution >= 4 is 11.7 Å². The van der Waals surface area contributed by atoms with E-state index in [4.69, 9.17) is 14.2 Å². The van der Waals surface area contributed by atoms with Gasteiger partial charge in [0, 0.05) is 0 Å². The fourth-order valence-electron chi connectivity index (χ4n) is 3.96. The number of morpholine rings is 1. The van der Waals surface area contributed by atoms with Crippen molar-refractivity contribution in [3.05, 3.63) is 71.3 Å². The molecule has 2 heterocycles. The molecule has 0 N–H and O–H groups in total. The van der Waals surface area contributed by atoms with Crippen LogP contribution in [0.25, 0.3) is 5.57 Å². The van der Waals surface area contributed by atoms with Crippen LogP contribution in [-0.4, -0.2) is 43.4 Å². The molecule has 2 aliphatic heterocycles. The van der Waals surface area contributed by atoms with Crippen molar-refractivity contribution in [3.8, 4) is 11.8 Å². The van der Waals surface area contributed by atoms with E-state index in [1.165, 1.54) is 0 Å². The van der Waals surface area contributed by atoms with E-state index < -0.39 is 0 Å². The third-order valence-corrected chi connectivity index (χ3v) is 5.32. The van der Waals surface area contributed by atoms with Crippen LogP contribution in [0.4, 0.5) is 4.79 Å². The van der Waals surface area contributed by atoms with Crippen LogP contribution in [0.15, 0.2) is 54.6 Å². The van der Waals surface area contributed by atoms with Crippen molar-refractivity contribution in [2.24, 2.45) is 0 Å². The van der Waals surface area contributed by atoms with Crippen molar-refractivity contribution < 1.29 is 19.0 Å². The van der Waals surface area contributed by atoms with Gasteiger partial charge in [-0.05, 0) is 29.2 Å². The number of rotatable bonds is 4. The van der Waals surface area contributed by atoms with E-state index in [-0.39, 0.29) is 24.8 Å². The molecular formula is C23H22N2O4. The van der Waals surface area contributed by atoms with Gasteiger partial charge in [-0.1, -0.05) is 48.5 Å². The quantitative estimate of drug-likeness (QED) is 0.795. The normalized spacial score (nSPS) is 20.4. The summed E-state index contributed by atoms with van der Waals surface area (Å²) < 4.78 is 16.6. The molecule has 6 heteroatoms. The zero-order valence-corrected chi connectivity index (χ0v) is 16.2. The van der Waals surface area contributed by atoms with Gasteiger partial charge in [-0.3, -0.25) is 4.90 Å². The smallest absolute Gasteiger partial charge is 0.411 e. The first-order valence-corrected chi connectivity index (χ1v) is 9.56. The summed E-state index contributed by atoms with van der Waals surface area (Å²) in [6.07, 6.45) is 2.27. The lowest BCUT2D eigenvalue weighted by molar-refractivity contribution is -0.0342. The third kappa shape index (κ3) is 3.82. The molecule has 1 fully saturated rings. The number of amides is 1. The van der Waals surface area contributed by atoms with Crippen molar-refractivity contribution in [3.63, 3.8) is 0 Å². The highest BCUT2D eigenvalue weighted by Crippen LogP contribution is 2.36. The molecule has 0 aliphatic carbocycles. The number of carbonyl (C=O) groups excluding carboxylic acids is 1. The van der Waals surface area contributed by atoms with Gasteiger partial charge in [0.05, 0.1) is 32.4 Å². The molecule has 2 aromatic carbocycles. The Balaban J connectivity index is 1.56. The Morgan fingerprint density at radius 3 is 2.76 bits per heavy atom. The lowest BCUT2D eigenvalue weighted by Crippen LogP contribution is -2.56. The minimum atomic E-state index is -0.339. The number of nitrogens with zero attached hydrogens (tertiary/aromatic N) is 2. The van der Waals surface area contributed by atoms with Crippen LogP contribution in [0.1, 0.15) is 23.1 Å². The van der Waals surface area contributed by atoms with Gasteiger partial charge in [-0.25, -0.2) is 4.79 Å². The standard InChI is InChI=1S/C23H22N2O4/c1-27-22-9-5-8-20(21(22)12-24)17-10-18-14-28-15-19(11-17)25(18)23(26)29-13-16-6-3-2-4-7-16/h2-10,18-19H,11,13-15H2,1H3. The highest BCUT2D eigenvalue weighted by molar-refractivity contribution is 5.77. The van der Waals surface area contributed by atoms with Crippen molar-refractivity contribution in [1.29, 1.82) is 5.26 Å². The summed E-state index contributed by atoms with van der Waals surface area (Å²) in [4.78, 5) is 14.6. The molecule has 2 atom stereocenters. The maximum absolute atomic E-state index is 12.8. The van der Waals surface area contributed by atoms with E-state index in [1.54, 1.807) is 18.1 Å². The molecule has 0 spiro atoms. The Morgan fingerprint density at radius 1 is 1.21 bits per heavy atom. The molecule has 0 saturated carbocycles. The summed E-state index contributed by atoms with van der Waals surface area (Å²) in [5.41, 5.74) is 3.35. The Morgan fingerprint density at radius 2 is 2.03 bits per heavy atom. The van der Waals surface area contributed by atoms with Crippen LogP contribution >= 0.6 is 0 Å². The second kappa shape index (κ2) is 8.38. The maximum atomic E-state index is 12.8. The van der Waals surface area contributed by atoms with Crippen LogP contribution in [0, 0.1) is 11.3 Å². The van der Waals surface area contributed by atoms with Crippen molar-refractivity contribution in [2.75, 3.05) is 20.3 Å². The summed E-state index contributed by atoms with van der Waals surface area (Å²) in [7, 11) is 1.56. The van der Waals surface area contributed by atoms with Gasteiger partial charge in [0.25, 0.3) is 0 Å². The molecule has 1 amide bonds. The maximum Gasteiger partial charge on any atom is 0.411 e. The summed E-state index contributed by atoms with van der Waals surface area (Å²) in [6.45, 7) is 1.09. The van der Waals surface area contributed by atoms with Crippen molar-refractivity contribution in [2.45, 2.75) is 25.1 Å². The van der Waals surface area contributed by atoms with Gasteiger partial charge in [0.2, 0.25) is 0 Å². The monoisotopic (exact) mass is 390 g/mol. The number of ether oxygens (including phenoxy) is 3. The average molecular weight is 390 g/mol. The molecule has 2 aliphatic rings. The predicted molar refractivity (Wildman–Crippen MR) is 107 cm³/mol. The molecule has 29 heavy (non-hydrogen) atoms. The van der Waals surface area contributed by atoms with Crippen LogP contribution in [0.3, 0.4) is 0 Å². The summed E-state index contributed by atoms with van der Waals surface area (Å²) in [5.74, 6) is 0.553. The molecule has 4 rings (SSSR count). The van der Waals surface area contributed by atoms with Crippen LogP contribution in [-0.2, 0) is 16.1 Å². The molecule has 0 radical (unpaired) electrons. The number of fused-ring (bicyclic) bond motifs is 2. The Kier molecular flexibility index (Phi) is 5.50. The summed E-state index contributed by atoms with van der Waals surface area (Å²) in [5, 5.41) is 9.62. The number of methoxy groups -OCH3 is 1. The van der Waals surface area contributed by atoms with E-state index in [1.807, 2.05) is 48.5 Å². The van der Waals surface area contributed by atoms with Crippen LogP contribution in [0.5, 0.6) is 5.75 Å². The van der Waals surface area contributed by atoms with Gasteiger partial charge < -0.3 is 14.2 Å². The van der Waals surface area contributed by atoms with E-state index in [9.17, 15) is 10.1 Å². The second-order valence-electron chi connectivity index (χ2n) is 7.10. The number of hydrogen-bond donors (Lipinski definition) is 0. The number of benzene rings is 2. The van der Waals surface area contributed by atoms with Crippen molar-refractivity contribution in [1.82, 2.24) is 4.90 Å². The fraction of sp³-hybridized carbons (Fsp3) is 0.304. The topological polar surface area (TPSA) is 71.8 Å². The van der Waals surface area contributed by atoms with E-state index in [0.29, 0.717) is 30.9 Å². The van der Waals surface area contributed by atoms with Gasteiger partial charge in [-0.2, -0.15) is 5.26 Å². The fourth-order valence-corrected chi connectivity index (χ4v) is 3.96. The third-order valence-electron chi connectivity index (χ3n) is 5.32. The minimum absolute atomic E-state index is 0.130. The predicted octanol–water partition coefficient (Wildman–Crippen LogP) is 3.76. The number of hydrogen-bond acceptors (Lipinski definition) is 5. The Labute approximate surface area is 169 Å². The highest BCUT2D eigenvalue weighted by atomic mass is 16.6. The Hall–Kier alpha value is -3.30. The first-order chi connectivity index (χ1) is 14.2. The first-order valence-electron chi connectivity index (χ1n) is 9.56. The minimum Gasteiger partial charge on any atom is -0.495 e. The summed E-state index contributed by atoms with van der Waals surface area (Å²) >= 11 is 0. The largest absolute Gasteiger partial charge is 0.495 e. The van der Waals surface area contributed by atoms with E-state index in [0.717, 1.165) is 16.7 Å². The first kappa shape index (κ1) is 19.0. The van der Waals surface area contributed by atoms with Gasteiger partial charge in [-0.15, -0.1) is 0 Å². The van der Waals surface area contributed by atoms with Crippen LogP contribution < -0.4 is 4.74 Å². The second-order valence-corrected chi connectivity index (χ2v) is 7.10. The molecule has 0 aromatic heterocycles. The average Bonchev–Trinajstić information content (AvgIpc) is 2.76. The van der Waals surface area contributed by atoms with E-state index >= 15 is 0 Å². The number of carbonyl (C=O) groups is 1. The molecule has 2 bridgehead atoms. The van der Waals surface area contributed by atoms with Gasteiger partial charge in [0.1, 0.15) is 24.0 Å². The van der Waals surface area contributed by atoms with Crippen LogP contribution in [0.2, 0.25) is 0 Å². The number of nitriles is 1. The zero-order chi connectivity index (χ0) is 20.2. The molecule has 1 saturated heterocycles. The molecule has 2 unspecified atom stereocenters. The van der Waals surface area contributed by atoms with Gasteiger partial charge >= 0.3 is 6.09 Å². The molecular weight excluding hydrogens is 368 g/mol. The highest BCUT2D eigenvalue weighted by Gasteiger charge is 2.39. The SMILES string of the molecule is COc1cccc(C2=CC3COCC(C2)N3C(=O)OCc2ccccc2)c1C#N. The lowest BCUT2D eigenvalue weighted by Gasteiger charge is -2.43. The van der Waals surface area contributed by atoms with Gasteiger partial charge in [0.15, 0.2) is 0 Å². The van der Waals surface area contributed by atoms with E-state index in [2.05, 4.69) is 6.07 Å². The molecule has 6 nitrogen and oxygen atoms in total. The summed E-state index contributed by atoms with van der Waals surface area (Å²) in [6, 6.07) is 17.1. The molecule has 2 aromatic rings. The zero-order valence-electron chi connectivity index (χ0n) is 16.2.